The number of nitrogens with zero attached hydrogens (tertiary/aromatic N) is 2. The van der Waals surface area contributed by atoms with Gasteiger partial charge in [-0.1, -0.05) is 18.2 Å². The monoisotopic (exact) mass is 202 g/mol. The van der Waals surface area contributed by atoms with E-state index in [2.05, 4.69) is 47.2 Å². The van der Waals surface area contributed by atoms with Crippen LogP contribution in [0.4, 0.5) is 5.69 Å². The first-order valence-corrected chi connectivity index (χ1v) is 5.86. The van der Waals surface area contributed by atoms with E-state index in [0.29, 0.717) is 0 Å². The van der Waals surface area contributed by atoms with Gasteiger partial charge in [-0.05, 0) is 32.0 Å². The molecule has 0 aromatic heterocycles. The molecule has 4 rings (SSSR count). The Kier molecular flexibility index (Phi) is 2.17. The summed E-state index contributed by atoms with van der Waals surface area (Å²) < 4.78 is 0. The van der Waals surface area contributed by atoms with Gasteiger partial charge in [-0.25, -0.2) is 0 Å². The predicted octanol–water partition coefficient (Wildman–Crippen LogP) is 1.97. The van der Waals surface area contributed by atoms with Crippen molar-refractivity contribution in [3.63, 3.8) is 0 Å². The molecule has 15 heavy (non-hydrogen) atoms. The van der Waals surface area contributed by atoms with E-state index in [0.717, 1.165) is 12.1 Å². The van der Waals surface area contributed by atoms with Gasteiger partial charge in [0.15, 0.2) is 0 Å². The highest BCUT2D eigenvalue weighted by Crippen LogP contribution is 2.31. The Labute approximate surface area is 91.5 Å². The second kappa shape index (κ2) is 3.53. The lowest BCUT2D eigenvalue weighted by atomic mass is 9.91. The normalized spacial score (nSPS) is 30.9. The van der Waals surface area contributed by atoms with Crippen molar-refractivity contribution in [1.82, 2.24) is 4.90 Å². The van der Waals surface area contributed by atoms with Gasteiger partial charge in [0.2, 0.25) is 0 Å². The number of piperazine rings is 1. The molecule has 3 saturated heterocycles. The Hall–Kier alpha value is -1.02. The molecule has 3 fully saturated rings. The summed E-state index contributed by atoms with van der Waals surface area (Å²) in [5, 5.41) is 0. The number of anilines is 1. The van der Waals surface area contributed by atoms with E-state index in [1.165, 1.54) is 31.6 Å². The highest BCUT2D eigenvalue weighted by atomic mass is 15.3. The molecule has 80 valence electrons. The molecule has 0 saturated carbocycles. The topological polar surface area (TPSA) is 6.48 Å². The molecule has 1 aromatic rings. The highest BCUT2D eigenvalue weighted by Gasteiger charge is 2.36. The van der Waals surface area contributed by atoms with Crippen LogP contribution in [0, 0.1) is 0 Å². The van der Waals surface area contributed by atoms with Crippen molar-refractivity contribution in [2.45, 2.75) is 24.9 Å². The third kappa shape index (κ3) is 1.53. The van der Waals surface area contributed by atoms with Crippen LogP contribution in [0.3, 0.4) is 0 Å². The summed E-state index contributed by atoms with van der Waals surface area (Å²) in [7, 11) is 2.26. The first-order chi connectivity index (χ1) is 7.34. The summed E-state index contributed by atoms with van der Waals surface area (Å²) in [6, 6.07) is 12.4. The Bertz CT molecular complexity index is 336. The lowest BCUT2D eigenvalue weighted by molar-refractivity contribution is 0.125. The molecule has 3 aliphatic rings. The molecule has 2 heteroatoms. The number of hydrogen-bond acceptors (Lipinski definition) is 2. The summed E-state index contributed by atoms with van der Waals surface area (Å²) in [4.78, 5) is 5.11. The summed E-state index contributed by atoms with van der Waals surface area (Å²) in [5.41, 5.74) is 1.40. The molecule has 1 aromatic carbocycles. The molecule has 2 atom stereocenters. The van der Waals surface area contributed by atoms with Gasteiger partial charge in [0.1, 0.15) is 0 Å². The Morgan fingerprint density at radius 3 is 2.33 bits per heavy atom. The van der Waals surface area contributed by atoms with Crippen molar-refractivity contribution in [2.75, 3.05) is 25.0 Å². The van der Waals surface area contributed by atoms with Crippen LogP contribution >= 0.6 is 0 Å². The van der Waals surface area contributed by atoms with E-state index in [1.54, 1.807) is 0 Å². The van der Waals surface area contributed by atoms with Crippen LogP contribution < -0.4 is 4.90 Å². The fourth-order valence-electron chi connectivity index (χ4n) is 2.97. The zero-order chi connectivity index (χ0) is 10.3. The number of fused-ring (bicyclic) bond motifs is 3. The van der Waals surface area contributed by atoms with Gasteiger partial charge in [-0.2, -0.15) is 0 Å². The van der Waals surface area contributed by atoms with Gasteiger partial charge in [0.05, 0.1) is 0 Å². The predicted molar refractivity (Wildman–Crippen MR) is 63.2 cm³/mol. The fourth-order valence-corrected chi connectivity index (χ4v) is 2.97. The van der Waals surface area contributed by atoms with E-state index in [-0.39, 0.29) is 0 Å². The van der Waals surface area contributed by atoms with E-state index in [1.807, 2.05) is 0 Å². The summed E-state index contributed by atoms with van der Waals surface area (Å²) in [6.07, 6.45) is 2.74. The van der Waals surface area contributed by atoms with Crippen LogP contribution in [0.5, 0.6) is 0 Å². The average Bonchev–Trinajstić information content (AvgIpc) is 2.31. The molecule has 2 bridgehead atoms. The van der Waals surface area contributed by atoms with Crippen molar-refractivity contribution in [2.24, 2.45) is 0 Å². The van der Waals surface area contributed by atoms with Crippen LogP contribution in [-0.4, -0.2) is 37.1 Å². The minimum absolute atomic E-state index is 0.738. The van der Waals surface area contributed by atoms with E-state index in [4.69, 9.17) is 0 Å². The van der Waals surface area contributed by atoms with Gasteiger partial charge in [0, 0.05) is 30.9 Å². The molecule has 2 nitrogen and oxygen atoms in total. The Balaban J connectivity index is 1.85. The molecule has 0 amide bonds. The summed E-state index contributed by atoms with van der Waals surface area (Å²) in [5.74, 6) is 0. The van der Waals surface area contributed by atoms with E-state index >= 15 is 0 Å². The van der Waals surface area contributed by atoms with Gasteiger partial charge in [-0.3, -0.25) is 4.90 Å². The van der Waals surface area contributed by atoms with E-state index < -0.39 is 0 Å². The van der Waals surface area contributed by atoms with E-state index in [9.17, 15) is 0 Å². The third-order valence-electron chi connectivity index (χ3n) is 3.89. The van der Waals surface area contributed by atoms with Crippen LogP contribution in [0.15, 0.2) is 30.3 Å². The average molecular weight is 202 g/mol. The van der Waals surface area contributed by atoms with Gasteiger partial charge >= 0.3 is 0 Å². The molecule has 3 heterocycles. The van der Waals surface area contributed by atoms with Crippen LogP contribution in [0.2, 0.25) is 0 Å². The van der Waals surface area contributed by atoms with Crippen molar-refractivity contribution in [3.05, 3.63) is 30.3 Å². The minimum Gasteiger partial charge on any atom is -0.366 e. The summed E-state index contributed by atoms with van der Waals surface area (Å²) in [6.45, 7) is 2.45. The maximum Gasteiger partial charge on any atom is 0.0418 e. The molecule has 0 aliphatic carbocycles. The number of hydrogen-bond donors (Lipinski definition) is 0. The quantitative estimate of drug-likeness (QED) is 0.687. The number of para-hydroxylation sites is 1. The Morgan fingerprint density at radius 2 is 1.73 bits per heavy atom. The maximum absolute atomic E-state index is 2.59. The van der Waals surface area contributed by atoms with Crippen molar-refractivity contribution >= 4 is 5.69 Å². The second-order valence-corrected chi connectivity index (χ2v) is 4.81. The van der Waals surface area contributed by atoms with Crippen molar-refractivity contribution in [1.29, 1.82) is 0 Å². The van der Waals surface area contributed by atoms with Crippen LogP contribution in [0.1, 0.15) is 12.8 Å². The fraction of sp³-hybridized carbons (Fsp3) is 0.538. The van der Waals surface area contributed by atoms with Gasteiger partial charge < -0.3 is 4.90 Å². The lowest BCUT2D eigenvalue weighted by Crippen LogP contribution is -2.61. The highest BCUT2D eigenvalue weighted by molar-refractivity contribution is 5.48. The molecule has 0 radical (unpaired) electrons. The van der Waals surface area contributed by atoms with Gasteiger partial charge in [-0.15, -0.1) is 0 Å². The zero-order valence-corrected chi connectivity index (χ0v) is 9.26. The SMILES string of the molecule is CN1CC2CCC1CN2c1ccccc1. The number of piperidine rings is 2. The molecule has 3 aliphatic heterocycles. The molecular formula is C13H18N2. The second-order valence-electron chi connectivity index (χ2n) is 4.81. The van der Waals surface area contributed by atoms with Crippen molar-refractivity contribution in [3.8, 4) is 0 Å². The van der Waals surface area contributed by atoms with Crippen LogP contribution in [-0.2, 0) is 0 Å². The maximum atomic E-state index is 2.59. The number of benzene rings is 1. The van der Waals surface area contributed by atoms with Gasteiger partial charge in [0.25, 0.3) is 0 Å². The zero-order valence-electron chi connectivity index (χ0n) is 9.26. The van der Waals surface area contributed by atoms with Crippen LogP contribution in [0.25, 0.3) is 0 Å². The molecule has 2 unspecified atom stereocenters. The third-order valence-corrected chi connectivity index (χ3v) is 3.89. The number of rotatable bonds is 1. The van der Waals surface area contributed by atoms with Crippen molar-refractivity contribution < 1.29 is 0 Å². The largest absolute Gasteiger partial charge is 0.366 e. The lowest BCUT2D eigenvalue weighted by Gasteiger charge is -2.51. The minimum atomic E-state index is 0.738. The molecule has 0 N–H and O–H groups in total. The Morgan fingerprint density at radius 1 is 1.00 bits per heavy atom. The molecule has 0 spiro atoms. The molecular weight excluding hydrogens is 184 g/mol. The standard InChI is InChI=1S/C13H18N2/c1-14-9-13-8-7-12(14)10-15(13)11-5-3-2-4-6-11/h2-6,12-13H,7-10H2,1H3. The number of likely N-dealkylation sites (N-methyl/N-ethyl adjacent to an activating group) is 1. The summed E-state index contributed by atoms with van der Waals surface area (Å²) >= 11 is 0. The first-order valence-electron chi connectivity index (χ1n) is 5.86. The smallest absolute Gasteiger partial charge is 0.0418 e. The first kappa shape index (κ1) is 9.22.